The number of carbonyl (C=O) groups excluding carboxylic acids is 1. The molecule has 11 heteroatoms. The predicted octanol–water partition coefficient (Wildman–Crippen LogP) is 7.14. The Labute approximate surface area is 261 Å². The summed E-state index contributed by atoms with van der Waals surface area (Å²) < 4.78 is 30.1. The molecular weight excluding hydrogens is 590 g/mol. The fraction of sp³-hybridized carbons (Fsp3) is 0.235. The van der Waals surface area contributed by atoms with Gasteiger partial charge in [-0.05, 0) is 79.6 Å². The van der Waals surface area contributed by atoms with E-state index in [9.17, 15) is 23.1 Å². The molecule has 6 rings (SSSR count). The van der Waals surface area contributed by atoms with Gasteiger partial charge in [-0.3, -0.25) is 9.52 Å². The Morgan fingerprint density at radius 1 is 0.822 bits per heavy atom. The lowest BCUT2D eigenvalue weighted by Gasteiger charge is -2.24. The molecule has 1 amide bonds. The van der Waals surface area contributed by atoms with Gasteiger partial charge < -0.3 is 15.0 Å². The van der Waals surface area contributed by atoms with Gasteiger partial charge in [-0.1, -0.05) is 50.3 Å². The summed E-state index contributed by atoms with van der Waals surface area (Å²) in [5, 5.41) is 12.4. The van der Waals surface area contributed by atoms with Crippen molar-refractivity contribution < 1.29 is 23.1 Å². The highest BCUT2D eigenvalue weighted by Gasteiger charge is 2.22. The Bertz CT molecular complexity index is 1930. The van der Waals surface area contributed by atoms with E-state index in [4.69, 9.17) is 4.98 Å². The van der Waals surface area contributed by atoms with E-state index in [1.807, 2.05) is 18.2 Å². The van der Waals surface area contributed by atoms with Crippen molar-refractivity contribution in [3.8, 4) is 11.4 Å². The van der Waals surface area contributed by atoms with Crippen LogP contribution in [0.2, 0.25) is 0 Å². The summed E-state index contributed by atoms with van der Waals surface area (Å²) in [7, 11) is -3.84. The first-order valence-corrected chi connectivity index (χ1v) is 16.5. The van der Waals surface area contributed by atoms with E-state index in [0.29, 0.717) is 16.8 Å². The highest BCUT2D eigenvalue weighted by Crippen LogP contribution is 2.35. The fourth-order valence-corrected chi connectivity index (χ4v) is 6.82. The van der Waals surface area contributed by atoms with Gasteiger partial charge in [0.15, 0.2) is 0 Å². The van der Waals surface area contributed by atoms with E-state index in [0.717, 1.165) is 42.6 Å². The number of anilines is 2. The lowest BCUT2D eigenvalue weighted by molar-refractivity contribution is 0.0696. The third kappa shape index (κ3) is 6.73. The number of imidazole rings is 1. The largest absolute Gasteiger partial charge is 0.478 e. The van der Waals surface area contributed by atoms with Crippen LogP contribution in [-0.2, 0) is 10.0 Å². The van der Waals surface area contributed by atoms with Crippen molar-refractivity contribution in [2.75, 3.05) is 10.0 Å². The van der Waals surface area contributed by atoms with Gasteiger partial charge >= 0.3 is 5.97 Å². The van der Waals surface area contributed by atoms with Gasteiger partial charge in [-0.2, -0.15) is 0 Å². The monoisotopic (exact) mass is 623 g/mol. The van der Waals surface area contributed by atoms with Gasteiger partial charge in [0, 0.05) is 29.1 Å². The number of carbonyl (C=O) groups is 2. The van der Waals surface area contributed by atoms with Gasteiger partial charge in [0.25, 0.3) is 15.9 Å². The van der Waals surface area contributed by atoms with Crippen molar-refractivity contribution in [3.63, 3.8) is 0 Å². The summed E-state index contributed by atoms with van der Waals surface area (Å²) in [6.07, 6.45) is 9.46. The van der Waals surface area contributed by atoms with Crippen LogP contribution in [-0.4, -0.2) is 39.9 Å². The first-order chi connectivity index (χ1) is 21.8. The Morgan fingerprint density at radius 3 is 2.18 bits per heavy atom. The number of fused-ring (bicyclic) bond motifs is 1. The van der Waals surface area contributed by atoms with Crippen LogP contribution in [0.15, 0.2) is 96.0 Å². The first kappa shape index (κ1) is 30.0. The molecule has 1 saturated carbocycles. The predicted molar refractivity (Wildman–Crippen MR) is 173 cm³/mol. The number of aromatic nitrogens is 3. The van der Waals surface area contributed by atoms with Crippen LogP contribution in [0, 0.1) is 0 Å². The number of amides is 1. The summed E-state index contributed by atoms with van der Waals surface area (Å²) in [5.41, 5.74) is 3.43. The van der Waals surface area contributed by atoms with Crippen molar-refractivity contribution >= 4 is 44.4 Å². The highest BCUT2D eigenvalue weighted by molar-refractivity contribution is 7.92. The zero-order valence-electron chi connectivity index (χ0n) is 24.5. The van der Waals surface area contributed by atoms with Crippen molar-refractivity contribution in [1.29, 1.82) is 0 Å². The maximum atomic E-state index is 13.1. The molecule has 0 unspecified atom stereocenters. The average molecular weight is 624 g/mol. The lowest BCUT2D eigenvalue weighted by atomic mass is 9.96. The number of nitrogens with one attached hydrogen (secondary N) is 2. The lowest BCUT2D eigenvalue weighted by Crippen LogP contribution is -2.15. The van der Waals surface area contributed by atoms with Gasteiger partial charge in [0.2, 0.25) is 0 Å². The summed E-state index contributed by atoms with van der Waals surface area (Å²) in [4.78, 5) is 33.7. The Morgan fingerprint density at radius 2 is 1.51 bits per heavy atom. The number of sulfonamides is 1. The molecule has 45 heavy (non-hydrogen) atoms. The first-order valence-electron chi connectivity index (χ1n) is 15.0. The van der Waals surface area contributed by atoms with Crippen LogP contribution in [0.1, 0.15) is 71.7 Å². The van der Waals surface area contributed by atoms with Crippen molar-refractivity contribution in [2.24, 2.45) is 0 Å². The van der Waals surface area contributed by atoms with Crippen molar-refractivity contribution in [2.45, 2.75) is 55.9 Å². The number of benzene rings is 3. The minimum absolute atomic E-state index is 0.0400. The molecule has 0 saturated heterocycles. The molecule has 10 nitrogen and oxygen atoms in total. The van der Waals surface area contributed by atoms with E-state index in [-0.39, 0.29) is 28.2 Å². The minimum atomic E-state index is -3.84. The molecule has 0 bridgehead atoms. The smallest absolute Gasteiger partial charge is 0.335 e. The zero-order chi connectivity index (χ0) is 31.4. The van der Waals surface area contributed by atoms with Gasteiger partial charge in [0.1, 0.15) is 11.6 Å². The van der Waals surface area contributed by atoms with E-state index in [2.05, 4.69) is 19.6 Å². The minimum Gasteiger partial charge on any atom is -0.478 e. The quantitative estimate of drug-likeness (QED) is 0.167. The molecule has 2 aromatic heterocycles. The van der Waals surface area contributed by atoms with Crippen LogP contribution < -0.4 is 10.0 Å². The molecule has 5 aromatic rings. The third-order valence-corrected chi connectivity index (χ3v) is 9.48. The maximum absolute atomic E-state index is 13.1. The van der Waals surface area contributed by atoms with E-state index < -0.39 is 16.0 Å². The highest BCUT2D eigenvalue weighted by atomic mass is 32.2. The van der Waals surface area contributed by atoms with Gasteiger partial charge in [-0.15, -0.1) is 0 Å². The number of carboxylic acids is 1. The normalized spacial score (nSPS) is 14.4. The summed E-state index contributed by atoms with van der Waals surface area (Å²) in [6.45, 7) is 0. The van der Waals surface area contributed by atoms with E-state index in [1.54, 1.807) is 42.5 Å². The molecule has 2 heterocycles. The Hall–Kier alpha value is -5.03. The number of carboxylic acid groups (broad SMARTS) is 1. The zero-order valence-corrected chi connectivity index (χ0v) is 25.3. The summed E-state index contributed by atoms with van der Waals surface area (Å²) in [5.74, 6) is -0.375. The van der Waals surface area contributed by atoms with Crippen LogP contribution in [0.3, 0.4) is 0 Å². The second kappa shape index (κ2) is 12.9. The number of aromatic carboxylic acids is 1. The van der Waals surface area contributed by atoms with Crippen molar-refractivity contribution in [1.82, 2.24) is 14.5 Å². The topological polar surface area (TPSA) is 143 Å². The van der Waals surface area contributed by atoms with Crippen LogP contribution >= 0.6 is 0 Å². The Balaban J connectivity index is 1.22. The number of pyridine rings is 1. The van der Waals surface area contributed by atoms with E-state index in [1.165, 1.54) is 49.7 Å². The standard InChI is InChI=1S/C34H33N5O5S/c40-33(36-26-16-18-28(19-17-26)45(43,44)38-31-10-6-7-21-35-31)24-13-11-23(12-14-24)32-37-29-22-25(34(41)42)15-20-30(29)39(32)27-8-4-2-1-3-5-9-27/h6-7,10-22,27H,1-5,8-9H2,(H,35,38)(H,36,40)(H,41,42). The number of nitrogens with zero attached hydrogens (tertiary/aromatic N) is 3. The van der Waals surface area contributed by atoms with Crippen molar-refractivity contribution in [3.05, 3.63) is 102 Å². The van der Waals surface area contributed by atoms with Crippen LogP contribution in [0.4, 0.5) is 11.5 Å². The second-order valence-electron chi connectivity index (χ2n) is 11.2. The molecule has 3 N–H and O–H groups in total. The third-order valence-electron chi connectivity index (χ3n) is 8.11. The number of hydrogen-bond donors (Lipinski definition) is 3. The molecule has 0 spiro atoms. The summed E-state index contributed by atoms with van der Waals surface area (Å²) in [6, 6.07) is 23.3. The molecule has 0 atom stereocenters. The molecular formula is C34H33N5O5S. The molecule has 230 valence electrons. The molecule has 1 fully saturated rings. The fourth-order valence-electron chi connectivity index (χ4n) is 5.81. The Kier molecular flexibility index (Phi) is 8.61. The van der Waals surface area contributed by atoms with Gasteiger partial charge in [-0.25, -0.2) is 23.2 Å². The molecule has 3 aromatic carbocycles. The average Bonchev–Trinajstić information content (AvgIpc) is 3.40. The molecule has 1 aliphatic carbocycles. The SMILES string of the molecule is O=C(O)c1ccc2c(c1)nc(-c1ccc(C(=O)Nc3ccc(S(=O)(=O)Nc4ccccn4)cc3)cc1)n2C1CCCCCCC1. The van der Waals surface area contributed by atoms with Crippen LogP contribution in [0.5, 0.6) is 0 Å². The molecule has 1 aliphatic rings. The number of rotatable bonds is 8. The van der Waals surface area contributed by atoms with Crippen LogP contribution in [0.25, 0.3) is 22.4 Å². The second-order valence-corrected chi connectivity index (χ2v) is 12.9. The van der Waals surface area contributed by atoms with E-state index >= 15 is 0 Å². The van der Waals surface area contributed by atoms with Gasteiger partial charge in [0.05, 0.1) is 21.5 Å². The maximum Gasteiger partial charge on any atom is 0.335 e. The molecule has 0 aliphatic heterocycles. The number of hydrogen-bond acceptors (Lipinski definition) is 6. The summed E-state index contributed by atoms with van der Waals surface area (Å²) >= 11 is 0. The molecule has 0 radical (unpaired) electrons.